The number of amidine groups is 1. The Kier molecular flexibility index (Phi) is 41.9. The van der Waals surface area contributed by atoms with Gasteiger partial charge in [0.2, 0.25) is 17.2 Å². The van der Waals surface area contributed by atoms with Gasteiger partial charge in [0.1, 0.15) is 5.84 Å². The molecule has 3 unspecified atom stereocenters. The molecule has 0 aromatic heterocycles. The van der Waals surface area contributed by atoms with Crippen LogP contribution in [0.3, 0.4) is 0 Å². The van der Waals surface area contributed by atoms with E-state index in [0.29, 0.717) is 18.7 Å². The summed E-state index contributed by atoms with van der Waals surface area (Å²) in [6.45, 7) is 13.6. The first kappa shape index (κ1) is 56.7. The molecule has 0 aliphatic carbocycles. The summed E-state index contributed by atoms with van der Waals surface area (Å²) in [4.78, 5) is 41.4. The summed E-state index contributed by atoms with van der Waals surface area (Å²) >= 11 is 2.05. The Hall–Kier alpha value is -0.647. The number of carbonyl (C=O) groups is 2. The zero-order valence-corrected chi connectivity index (χ0v) is 33.0. The Labute approximate surface area is 312 Å². The van der Waals surface area contributed by atoms with Gasteiger partial charge in [-0.1, -0.05) is 60.4 Å². The monoisotopic (exact) mass is 796 g/mol. The molecule has 1 aromatic carbocycles. The van der Waals surface area contributed by atoms with Crippen LogP contribution in [0.1, 0.15) is 67.7 Å². The molecule has 0 spiro atoms. The molecule has 3 aliphatic heterocycles. The summed E-state index contributed by atoms with van der Waals surface area (Å²) in [5.74, 6) is 1.38. The number of hydrogen-bond donors (Lipinski definition) is 2. The van der Waals surface area contributed by atoms with E-state index in [1.165, 1.54) is 12.1 Å². The fourth-order valence-corrected chi connectivity index (χ4v) is 4.49. The number of hydrogen-bond acceptors (Lipinski definition) is 8. The molecule has 3 aliphatic rings. The summed E-state index contributed by atoms with van der Waals surface area (Å²) in [5, 5.41) is 12.1. The van der Waals surface area contributed by atoms with Gasteiger partial charge in [0, 0.05) is 81.0 Å². The maximum Gasteiger partial charge on any atom is 0 e. The molecule has 255 valence electrons. The minimum absolute atomic E-state index is 0. The van der Waals surface area contributed by atoms with Crippen molar-refractivity contribution in [1.82, 2.24) is 15.1 Å². The summed E-state index contributed by atoms with van der Waals surface area (Å²) in [5.41, 5.74) is -0.411. The first-order valence-electron chi connectivity index (χ1n) is 12.9. The molecule has 10 nitrogen and oxygen atoms in total. The Morgan fingerprint density at radius 2 is 1.62 bits per heavy atom. The van der Waals surface area contributed by atoms with Crippen molar-refractivity contribution in [3.63, 3.8) is 0 Å². The van der Waals surface area contributed by atoms with E-state index in [4.69, 9.17) is 5.11 Å². The van der Waals surface area contributed by atoms with Gasteiger partial charge in [-0.15, -0.1) is 0 Å². The normalized spacial score (nSPS) is 14.4. The molecule has 0 saturated carbocycles. The number of nitrogens with zero attached hydrogens (tertiary/aromatic N) is 5. The van der Waals surface area contributed by atoms with Crippen molar-refractivity contribution in [3.05, 3.63) is 60.8 Å². The van der Waals surface area contributed by atoms with Crippen molar-refractivity contribution >= 4 is 45.5 Å². The molecule has 2 amide bonds. The van der Waals surface area contributed by atoms with Gasteiger partial charge in [-0.2, -0.15) is 0 Å². The van der Waals surface area contributed by atoms with Crippen LogP contribution < -0.4 is 10.7 Å². The first-order valence-corrected chi connectivity index (χ1v) is 15.1. The van der Waals surface area contributed by atoms with Crippen molar-refractivity contribution < 1.29 is 69.0 Å². The second-order valence-corrected chi connectivity index (χ2v) is 11.6. The standard InChI is InChI=1S/C13H23N3O.C7H6O2.C6H9NO.2CH4.CH3.H3NP2.H2NP.3V/c1-4-10(16-9-5-6-11(16)17)13(2,3)12-14-7-8-15-12;8-6-4-2-1-3-5-7(6)9;1-2-7-5-3-4-6(7)8;;;;2-1-3;1-2;;;/h10H,4-9H2,1-3H3,(H,14,15);1-5H,(H,8,9);2H,1,3-5H2;2*1H4;1H3;2H,3H2;2H2;;;/q;;;;;-1;;;;;. The quantitative estimate of drug-likeness (QED) is 0.270. The van der Waals surface area contributed by atoms with E-state index in [1.807, 2.05) is 0 Å². The number of aliphatic imine (C=N–C) groups is 1. The average Bonchev–Trinajstić information content (AvgIpc) is 3.67. The molecule has 1 aromatic rings. The van der Waals surface area contributed by atoms with E-state index in [2.05, 4.69) is 95.7 Å². The van der Waals surface area contributed by atoms with Crippen LogP contribution in [-0.4, -0.2) is 64.8 Å². The number of amides is 2. The molecular formula is C29H54N6O4P3V3-. The Bertz CT molecular complexity index is 1070. The van der Waals surface area contributed by atoms with Crippen molar-refractivity contribution in [2.24, 2.45) is 18.5 Å². The molecule has 0 bridgehead atoms. The van der Waals surface area contributed by atoms with Gasteiger partial charge < -0.3 is 27.6 Å². The molecule has 2 fully saturated rings. The van der Waals surface area contributed by atoms with Gasteiger partial charge in [-0.3, -0.25) is 23.9 Å². The first-order chi connectivity index (χ1) is 19.0. The number of likely N-dealkylation sites (tertiary alicyclic amines) is 2. The fraction of sp³-hybridized carbons (Fsp3) is 0.552. The van der Waals surface area contributed by atoms with Crippen LogP contribution in [0.5, 0.6) is 5.75 Å². The van der Waals surface area contributed by atoms with Gasteiger partial charge in [0.15, 0.2) is 5.75 Å². The molecule has 16 heteroatoms. The minimum Gasteiger partial charge on any atom is -0.358 e. The molecule has 3 heterocycles. The fourth-order valence-electron chi connectivity index (χ4n) is 4.49. The van der Waals surface area contributed by atoms with Crippen LogP contribution in [0, 0.1) is 12.8 Å². The van der Waals surface area contributed by atoms with Gasteiger partial charge in [-0.05, 0) is 56.0 Å². The molecule has 2 radical (unpaired) electrons. The summed E-state index contributed by atoms with van der Waals surface area (Å²) in [6.07, 6.45) is 5.99. The molecule has 2 N–H and O–H groups in total. The Balaban J connectivity index is -0.000000117. The number of aromatic hydroxyl groups is 1. The van der Waals surface area contributed by atoms with E-state index < -0.39 is 0 Å². The van der Waals surface area contributed by atoms with E-state index in [9.17, 15) is 14.4 Å². The average molecular weight is 797 g/mol. The molecule has 45 heavy (non-hydrogen) atoms. The van der Waals surface area contributed by atoms with E-state index in [-0.39, 0.29) is 87.9 Å². The summed E-state index contributed by atoms with van der Waals surface area (Å²) in [6, 6.07) is 7.82. The van der Waals surface area contributed by atoms with Gasteiger partial charge >= 0.3 is 30.2 Å². The summed E-state index contributed by atoms with van der Waals surface area (Å²) < 4.78 is 6.58. The number of rotatable bonds is 5. The molecule has 4 rings (SSSR count). The predicted octanol–water partition coefficient (Wildman–Crippen LogP) is 6.25. The second-order valence-electron chi connectivity index (χ2n) is 9.27. The SMILES string of the molecule is C.C.C=CN1CCCC1=O.CCC(N1CCCC1=O)C(C)(C)C1=NCCN1.O=c1cccccc1O.P=NP.P[N]=[V].[CH3-].[V].[V]. The van der Waals surface area contributed by atoms with Crippen LogP contribution in [-0.2, 0) is 63.9 Å². The van der Waals surface area contributed by atoms with Crippen LogP contribution in [0.15, 0.2) is 61.0 Å². The van der Waals surface area contributed by atoms with E-state index >= 15 is 0 Å². The van der Waals surface area contributed by atoms with E-state index in [0.717, 1.165) is 51.3 Å². The van der Waals surface area contributed by atoms with Crippen LogP contribution in [0.4, 0.5) is 0 Å². The zero-order chi connectivity index (χ0) is 30.6. The maximum absolute atomic E-state index is 11.9. The van der Waals surface area contributed by atoms with E-state index in [1.54, 1.807) is 29.3 Å². The Morgan fingerprint density at radius 1 is 1.11 bits per heavy atom. The molecular weight excluding hydrogens is 742 g/mol. The smallest absolute Gasteiger partial charge is 0 e. The van der Waals surface area contributed by atoms with Crippen LogP contribution >= 0.6 is 27.8 Å². The third-order valence-corrected chi connectivity index (χ3v) is 6.30. The number of nitrogens with one attached hydrogen (secondary N) is 1. The largest absolute Gasteiger partial charge is 0.358 e. The van der Waals surface area contributed by atoms with Crippen LogP contribution in [0.25, 0.3) is 0 Å². The zero-order valence-electron chi connectivity index (χ0n) is 25.5. The van der Waals surface area contributed by atoms with Gasteiger partial charge in [0.25, 0.3) is 0 Å². The van der Waals surface area contributed by atoms with Crippen molar-refractivity contribution in [3.8, 4) is 5.75 Å². The minimum atomic E-state index is -0.347. The van der Waals surface area contributed by atoms with Crippen LogP contribution in [0.2, 0.25) is 0 Å². The Morgan fingerprint density at radius 3 is 2.00 bits per heavy atom. The van der Waals surface area contributed by atoms with Crippen molar-refractivity contribution in [2.45, 2.75) is 73.8 Å². The van der Waals surface area contributed by atoms with Crippen molar-refractivity contribution in [1.29, 1.82) is 0 Å². The third kappa shape index (κ3) is 21.8. The van der Waals surface area contributed by atoms with Gasteiger partial charge in [-0.25, -0.2) is 0 Å². The third-order valence-electron chi connectivity index (χ3n) is 6.30. The topological polar surface area (TPSA) is 127 Å². The predicted molar refractivity (Wildman–Crippen MR) is 187 cm³/mol. The molecule has 2 saturated heterocycles. The van der Waals surface area contributed by atoms with Gasteiger partial charge in [0.05, 0.1) is 6.54 Å². The molecule has 3 atom stereocenters. The summed E-state index contributed by atoms with van der Waals surface area (Å²) in [7, 11) is 7.06. The van der Waals surface area contributed by atoms with Crippen molar-refractivity contribution in [2.75, 3.05) is 26.2 Å². The number of carbonyl (C=O) groups excluding carboxylic acids is 2. The maximum atomic E-state index is 11.9. The second kappa shape index (κ2) is 33.3.